The lowest BCUT2D eigenvalue weighted by Gasteiger charge is -2.55. The van der Waals surface area contributed by atoms with E-state index in [1.165, 1.54) is 0 Å². The number of hydrogen-bond acceptors (Lipinski definition) is 11. The fourth-order valence-corrected chi connectivity index (χ4v) is 10.1. The van der Waals surface area contributed by atoms with E-state index in [9.17, 15) is 13.5 Å². The van der Waals surface area contributed by atoms with Crippen molar-refractivity contribution in [1.29, 1.82) is 0 Å². The molecule has 3 aliphatic rings. The highest BCUT2D eigenvalue weighted by Crippen LogP contribution is 2.60. The summed E-state index contributed by atoms with van der Waals surface area (Å²) in [7, 11) is -3.59. The molecule has 3 aromatic carbocycles. The molecule has 0 radical (unpaired) electrons. The summed E-state index contributed by atoms with van der Waals surface area (Å²) in [5, 5.41) is 17.4. The Hall–Kier alpha value is -5.09. The van der Waals surface area contributed by atoms with Crippen molar-refractivity contribution in [2.24, 2.45) is 11.8 Å². The Kier molecular flexibility index (Phi) is 10.6. The first-order valence-corrected chi connectivity index (χ1v) is 23.5. The SMILES string of the molecule is C=CS(=O)(=O)Nc1cc(F)c2c(c1OCc1ccccc1)C(=O)C1=C(O)C3(O[Si](C)(C)C(C)(C)C)C(=O)c4c(OCc5ccccc5)noc4[C@@H](N(C)C)[C@@H]3C[C@@H]1C2. The first-order valence-electron chi connectivity index (χ1n) is 19.0. The predicted molar refractivity (Wildman–Crippen MR) is 218 cm³/mol. The molecule has 0 aliphatic heterocycles. The number of benzene rings is 3. The molecule has 0 saturated carbocycles. The lowest BCUT2D eigenvalue weighted by Crippen LogP contribution is -2.65. The molecule has 1 heterocycles. The summed E-state index contributed by atoms with van der Waals surface area (Å²) in [6.07, 6.45) is 0.0385. The number of hydrogen-bond donors (Lipinski definition) is 2. The molecule has 0 spiro atoms. The summed E-state index contributed by atoms with van der Waals surface area (Å²) in [5.41, 5.74) is -1.33. The lowest BCUT2D eigenvalue weighted by atomic mass is 9.58. The number of anilines is 1. The second-order valence-electron chi connectivity index (χ2n) is 16.8. The molecule has 7 rings (SSSR count). The van der Waals surface area contributed by atoms with E-state index in [1.807, 2.05) is 89.3 Å². The van der Waals surface area contributed by atoms with Crippen LogP contribution in [-0.2, 0) is 34.1 Å². The minimum Gasteiger partial charge on any atom is -0.508 e. The Balaban J connectivity index is 1.44. The van der Waals surface area contributed by atoms with Crippen LogP contribution in [0, 0.1) is 17.7 Å². The number of carbonyl (C=O) groups is 2. The molecule has 1 aromatic heterocycles. The zero-order chi connectivity index (χ0) is 41.9. The largest absolute Gasteiger partial charge is 0.508 e. The zero-order valence-corrected chi connectivity index (χ0v) is 35.4. The van der Waals surface area contributed by atoms with E-state index in [0.29, 0.717) is 11.0 Å². The lowest BCUT2D eigenvalue weighted by molar-refractivity contribution is -0.0481. The van der Waals surface area contributed by atoms with Crippen LogP contribution in [0.4, 0.5) is 10.1 Å². The van der Waals surface area contributed by atoms with Crippen molar-refractivity contribution >= 4 is 35.6 Å². The maximum atomic E-state index is 16.3. The number of ketones is 2. The van der Waals surface area contributed by atoms with Crippen molar-refractivity contribution in [2.75, 3.05) is 18.8 Å². The summed E-state index contributed by atoms with van der Waals surface area (Å²) in [6.45, 7) is 13.2. The van der Waals surface area contributed by atoms with E-state index in [-0.39, 0.29) is 71.4 Å². The Labute approximate surface area is 338 Å². The van der Waals surface area contributed by atoms with Crippen LogP contribution in [0.5, 0.6) is 11.6 Å². The maximum Gasteiger partial charge on any atom is 0.265 e. The fourth-order valence-electron chi connectivity index (χ4n) is 8.12. The summed E-state index contributed by atoms with van der Waals surface area (Å²) < 4.78 is 69.7. The number of halogens is 1. The van der Waals surface area contributed by atoms with Crippen LogP contribution in [0.3, 0.4) is 0 Å². The van der Waals surface area contributed by atoms with Crippen molar-refractivity contribution in [1.82, 2.24) is 10.1 Å². The van der Waals surface area contributed by atoms with Gasteiger partial charge in [0.05, 0.1) is 17.3 Å². The average molecular weight is 830 g/mol. The van der Waals surface area contributed by atoms with E-state index < -0.39 is 70.0 Å². The number of aliphatic hydroxyl groups is 1. The topological polar surface area (TPSA) is 158 Å². The van der Waals surface area contributed by atoms with Crippen LogP contribution in [-0.4, -0.2) is 63.2 Å². The van der Waals surface area contributed by atoms with Crippen LogP contribution in [0.25, 0.3) is 0 Å². The van der Waals surface area contributed by atoms with Gasteiger partial charge in [-0.1, -0.05) is 88.0 Å². The number of ether oxygens (including phenoxy) is 2. The highest BCUT2D eigenvalue weighted by molar-refractivity contribution is 7.95. The van der Waals surface area contributed by atoms with Gasteiger partial charge in [-0.15, -0.1) is 0 Å². The van der Waals surface area contributed by atoms with Gasteiger partial charge < -0.3 is 23.5 Å². The third-order valence-corrected chi connectivity index (χ3v) is 17.3. The number of nitrogens with zero attached hydrogens (tertiary/aromatic N) is 2. The quantitative estimate of drug-likeness (QED) is 0.132. The normalized spacial score (nSPS) is 21.8. The maximum absolute atomic E-state index is 16.3. The molecule has 3 aliphatic carbocycles. The Morgan fingerprint density at radius 2 is 1.64 bits per heavy atom. The number of rotatable bonds is 12. The predicted octanol–water partition coefficient (Wildman–Crippen LogP) is 8.30. The number of aliphatic hydroxyl groups excluding tert-OH is 1. The van der Waals surface area contributed by atoms with Crippen LogP contribution < -0.4 is 14.2 Å². The van der Waals surface area contributed by atoms with Gasteiger partial charge in [-0.25, -0.2) is 12.8 Å². The number of sulfonamides is 1. The first kappa shape index (κ1) is 41.1. The summed E-state index contributed by atoms with van der Waals surface area (Å²) in [6, 6.07) is 18.6. The second-order valence-corrected chi connectivity index (χ2v) is 23.2. The molecule has 0 fully saturated rings. The van der Waals surface area contributed by atoms with Gasteiger partial charge in [0.1, 0.15) is 30.4 Å². The average Bonchev–Trinajstić information content (AvgIpc) is 3.58. The van der Waals surface area contributed by atoms with Gasteiger partial charge in [0.15, 0.2) is 31.2 Å². The summed E-state index contributed by atoms with van der Waals surface area (Å²) >= 11 is 0. The molecule has 0 saturated heterocycles. The van der Waals surface area contributed by atoms with Gasteiger partial charge in [-0.2, -0.15) is 0 Å². The van der Waals surface area contributed by atoms with Gasteiger partial charge in [-0.05, 0) is 67.3 Å². The third kappa shape index (κ3) is 6.97. The minimum absolute atomic E-state index is 0.00195. The number of Topliss-reactive ketones (excluding diaryl/α,β-unsaturated/α-hetero) is 2. The van der Waals surface area contributed by atoms with Crippen molar-refractivity contribution < 1.29 is 45.9 Å². The van der Waals surface area contributed by atoms with E-state index in [4.69, 9.17) is 18.4 Å². The van der Waals surface area contributed by atoms with E-state index >= 15 is 14.0 Å². The number of aromatic nitrogens is 1. The number of carbonyl (C=O) groups excluding carboxylic acids is 2. The molecule has 0 bridgehead atoms. The number of allylic oxidation sites excluding steroid dienone is 1. The fraction of sp³-hybridized carbons (Fsp3) is 0.372. The second kappa shape index (κ2) is 14.9. The minimum atomic E-state index is -4.20. The molecule has 1 unspecified atom stereocenters. The Bertz CT molecular complexity index is 2430. The first-order chi connectivity index (χ1) is 27.3. The van der Waals surface area contributed by atoms with Crippen molar-refractivity contribution in [3.8, 4) is 11.6 Å². The van der Waals surface area contributed by atoms with Gasteiger partial charge in [0.25, 0.3) is 15.9 Å². The van der Waals surface area contributed by atoms with Crippen molar-refractivity contribution in [3.05, 3.63) is 129 Å². The molecular formula is C43H48FN3O9SSi. The molecule has 2 N–H and O–H groups in total. The molecule has 12 nitrogen and oxygen atoms in total. The number of nitrogens with one attached hydrogen (secondary N) is 1. The van der Waals surface area contributed by atoms with E-state index in [1.54, 1.807) is 24.3 Å². The highest BCUT2D eigenvalue weighted by atomic mass is 32.2. The smallest absolute Gasteiger partial charge is 0.265 e. The monoisotopic (exact) mass is 829 g/mol. The molecule has 306 valence electrons. The van der Waals surface area contributed by atoms with E-state index in [0.717, 1.165) is 11.6 Å². The molecule has 58 heavy (non-hydrogen) atoms. The van der Waals surface area contributed by atoms with Gasteiger partial charge >= 0.3 is 0 Å². The van der Waals surface area contributed by atoms with Crippen LogP contribution in [0.2, 0.25) is 18.1 Å². The number of fused-ring (bicyclic) bond motifs is 4. The molecule has 15 heteroatoms. The van der Waals surface area contributed by atoms with Gasteiger partial charge in [0.2, 0.25) is 5.78 Å². The van der Waals surface area contributed by atoms with Crippen molar-refractivity contribution in [3.63, 3.8) is 0 Å². The van der Waals surface area contributed by atoms with Crippen LogP contribution in [0.15, 0.2) is 94.6 Å². The molecule has 4 aromatic rings. The van der Waals surface area contributed by atoms with Crippen LogP contribution in [0.1, 0.15) is 76.4 Å². The zero-order valence-electron chi connectivity index (χ0n) is 33.6. The summed E-state index contributed by atoms with van der Waals surface area (Å²) in [4.78, 5) is 32.6. The highest BCUT2D eigenvalue weighted by Gasteiger charge is 2.67. The van der Waals surface area contributed by atoms with Gasteiger partial charge in [-0.3, -0.25) is 19.2 Å². The third-order valence-electron chi connectivity index (χ3n) is 11.9. The summed E-state index contributed by atoms with van der Waals surface area (Å²) in [5.74, 6) is -4.58. The molecular weight excluding hydrogens is 782 g/mol. The Morgan fingerprint density at radius 1 is 1.03 bits per heavy atom. The van der Waals surface area contributed by atoms with Crippen molar-refractivity contribution in [2.45, 2.75) is 76.6 Å². The Morgan fingerprint density at radius 3 is 2.21 bits per heavy atom. The van der Waals surface area contributed by atoms with Crippen LogP contribution >= 0.6 is 0 Å². The molecule has 4 atom stereocenters. The molecule has 0 amide bonds. The van der Waals surface area contributed by atoms with Gasteiger partial charge in [0, 0.05) is 28.5 Å². The van der Waals surface area contributed by atoms with E-state index in [2.05, 4.69) is 16.5 Å². The standard InChI is InChI=1S/C43H48FN3O9SSi/c1-9-57(51,52)46-31-22-30(44)28-20-27-21-29-35(47(5)6)38-34(41(45-55-38)54-24-26-18-14-11-15-19-26)40(50)43(29,56-58(7,8)42(2,3)4)39(49)32(27)36(48)33(28)37(31)53-23-25-16-12-10-13-17-25/h9-19,22,27,29,35,46,49H,1,20-21,23-24H2,2-8H3/t27-,29-,35-,43?/m0/s1.